The van der Waals surface area contributed by atoms with Crippen LogP contribution in [0.1, 0.15) is 62.8 Å². The summed E-state index contributed by atoms with van der Waals surface area (Å²) >= 11 is 12.6. The number of aryl methyl sites for hydroxylation is 1. The predicted molar refractivity (Wildman–Crippen MR) is 150 cm³/mol. The van der Waals surface area contributed by atoms with E-state index < -0.39 is 23.3 Å². The number of nitrogens with zero attached hydrogens (tertiary/aromatic N) is 4. The van der Waals surface area contributed by atoms with Gasteiger partial charge in [-0.1, -0.05) is 62.2 Å². The molecule has 0 saturated carbocycles. The largest absolute Gasteiger partial charge is 0.328 e. The van der Waals surface area contributed by atoms with Gasteiger partial charge in [-0.25, -0.2) is 4.79 Å². The zero-order chi connectivity index (χ0) is 28.3. The molecule has 204 valence electrons. The Bertz CT molecular complexity index is 1440. The van der Waals surface area contributed by atoms with Gasteiger partial charge in [-0.15, -0.1) is 10.2 Å². The molecule has 4 amide bonds. The summed E-state index contributed by atoms with van der Waals surface area (Å²) in [6, 6.07) is 12.7. The van der Waals surface area contributed by atoms with Crippen LogP contribution in [-0.4, -0.2) is 38.3 Å². The molecule has 2 N–H and O–H groups in total. The number of urea groups is 1. The average Bonchev–Trinajstić information content (AvgIpc) is 3.17. The van der Waals surface area contributed by atoms with Crippen LogP contribution in [-0.2, 0) is 16.1 Å². The van der Waals surface area contributed by atoms with Crippen molar-refractivity contribution < 1.29 is 14.4 Å². The molecular formula is C28H30Cl2N6O3. The Kier molecular flexibility index (Phi) is 8.51. The first kappa shape index (κ1) is 28.4. The van der Waals surface area contributed by atoms with E-state index in [4.69, 9.17) is 28.2 Å². The van der Waals surface area contributed by atoms with Crippen molar-refractivity contribution in [2.24, 2.45) is 16.3 Å². The van der Waals surface area contributed by atoms with Gasteiger partial charge in [0.05, 0.1) is 11.4 Å². The molecule has 2 aliphatic rings. The minimum atomic E-state index is -1.07. The van der Waals surface area contributed by atoms with Crippen molar-refractivity contribution in [3.63, 3.8) is 0 Å². The van der Waals surface area contributed by atoms with Crippen molar-refractivity contribution >= 4 is 46.8 Å². The number of halogens is 2. The molecule has 0 aliphatic carbocycles. The van der Waals surface area contributed by atoms with E-state index in [0.717, 1.165) is 40.6 Å². The Labute approximate surface area is 237 Å². The topological polar surface area (TPSA) is 118 Å². The zero-order valence-corrected chi connectivity index (χ0v) is 23.7. The summed E-state index contributed by atoms with van der Waals surface area (Å²) in [5, 5.41) is 14.0. The number of fused-ring (bicyclic) bond motifs is 3. The standard InChI is InChI=1S/C17H12Cl2N4.C11H18N2O3/c1-10-21-22-16-9-20-17(12-4-2-3-5-14(12)19)13-8-11(18)6-7-15(13)23(10)16;1-4-11(6-5-7(2)3)8(14)12-10(16)13-9(11)15/h2-8H,9H2,1H3;7H,4-6H2,1-3H3,(H2,12,13,14,15,16). The van der Waals surface area contributed by atoms with Crippen molar-refractivity contribution in [3.8, 4) is 5.69 Å². The number of carbonyl (C=O) groups excluding carboxylic acids is 3. The number of aliphatic imine (C=N–C) groups is 1. The molecule has 39 heavy (non-hydrogen) atoms. The number of carbonyl (C=O) groups is 3. The number of nitrogens with one attached hydrogen (secondary N) is 2. The lowest BCUT2D eigenvalue weighted by Gasteiger charge is -2.33. The third-order valence-corrected chi connectivity index (χ3v) is 7.49. The van der Waals surface area contributed by atoms with E-state index in [1.165, 1.54) is 0 Å². The minimum Gasteiger partial charge on any atom is -0.281 e. The molecule has 2 aromatic carbocycles. The third-order valence-electron chi connectivity index (χ3n) is 6.93. The van der Waals surface area contributed by atoms with Crippen LogP contribution in [0.15, 0.2) is 47.5 Å². The van der Waals surface area contributed by atoms with Crippen LogP contribution >= 0.6 is 23.2 Å². The Balaban J connectivity index is 0.000000195. The maximum absolute atomic E-state index is 11.8. The van der Waals surface area contributed by atoms with E-state index in [1.807, 2.05) is 67.8 Å². The van der Waals surface area contributed by atoms with E-state index in [-0.39, 0.29) is 0 Å². The smallest absolute Gasteiger partial charge is 0.281 e. The van der Waals surface area contributed by atoms with E-state index >= 15 is 0 Å². The highest BCUT2D eigenvalue weighted by Crippen LogP contribution is 2.32. The Hall–Kier alpha value is -3.56. The normalized spacial score (nSPS) is 15.8. The molecule has 11 heteroatoms. The summed E-state index contributed by atoms with van der Waals surface area (Å²) in [5.41, 5.74) is 2.51. The lowest BCUT2D eigenvalue weighted by Crippen LogP contribution is -2.62. The molecule has 1 aromatic heterocycles. The van der Waals surface area contributed by atoms with Gasteiger partial charge in [-0.2, -0.15) is 0 Å². The molecule has 0 atom stereocenters. The molecule has 3 heterocycles. The van der Waals surface area contributed by atoms with Gasteiger partial charge in [0, 0.05) is 21.2 Å². The molecule has 0 bridgehead atoms. The van der Waals surface area contributed by atoms with Crippen LogP contribution in [0, 0.1) is 18.3 Å². The number of amides is 4. The Morgan fingerprint density at radius 3 is 2.33 bits per heavy atom. The summed E-state index contributed by atoms with van der Waals surface area (Å²) in [7, 11) is 0. The van der Waals surface area contributed by atoms with Gasteiger partial charge >= 0.3 is 6.03 Å². The first-order valence-electron chi connectivity index (χ1n) is 12.7. The van der Waals surface area contributed by atoms with Gasteiger partial charge < -0.3 is 0 Å². The molecule has 9 nitrogen and oxygen atoms in total. The first-order chi connectivity index (χ1) is 18.6. The van der Waals surface area contributed by atoms with E-state index in [2.05, 4.69) is 20.8 Å². The maximum Gasteiger partial charge on any atom is 0.328 e. The third kappa shape index (κ3) is 5.74. The monoisotopic (exact) mass is 568 g/mol. The Morgan fingerprint density at radius 1 is 1.00 bits per heavy atom. The van der Waals surface area contributed by atoms with Crippen LogP contribution in [0.2, 0.25) is 10.0 Å². The Morgan fingerprint density at radius 2 is 1.69 bits per heavy atom. The SMILES string of the molecule is CCC1(CCC(C)C)C(=O)NC(=O)NC1=O.Cc1nnc2n1-c1ccc(Cl)cc1C(c1ccccc1Cl)=NC2. The van der Waals surface area contributed by atoms with Gasteiger partial charge in [0.2, 0.25) is 11.8 Å². The van der Waals surface area contributed by atoms with Gasteiger partial charge in [0.15, 0.2) is 5.82 Å². The summed E-state index contributed by atoms with van der Waals surface area (Å²) < 4.78 is 2.01. The fraction of sp³-hybridized carbons (Fsp3) is 0.357. The molecule has 1 fully saturated rings. The highest BCUT2D eigenvalue weighted by Gasteiger charge is 2.48. The highest BCUT2D eigenvalue weighted by atomic mass is 35.5. The average molecular weight is 569 g/mol. The molecular weight excluding hydrogens is 539 g/mol. The molecule has 3 aromatic rings. The summed E-state index contributed by atoms with van der Waals surface area (Å²) in [4.78, 5) is 39.3. The number of hydrogen-bond donors (Lipinski definition) is 2. The number of rotatable bonds is 5. The van der Waals surface area contributed by atoms with Crippen LogP contribution < -0.4 is 10.6 Å². The quantitative estimate of drug-likeness (QED) is 0.398. The van der Waals surface area contributed by atoms with Crippen molar-refractivity contribution in [3.05, 3.63) is 75.3 Å². The number of aromatic nitrogens is 3. The minimum absolute atomic E-state index is 0.407. The highest BCUT2D eigenvalue weighted by molar-refractivity contribution is 6.36. The second-order valence-corrected chi connectivity index (χ2v) is 10.8. The van der Waals surface area contributed by atoms with Gasteiger partial charge in [0.25, 0.3) is 0 Å². The lowest BCUT2D eigenvalue weighted by molar-refractivity contribution is -0.145. The number of barbiturate groups is 1. The summed E-state index contributed by atoms with van der Waals surface area (Å²) in [6.07, 6.45) is 1.67. The molecule has 0 spiro atoms. The van der Waals surface area contributed by atoms with Gasteiger partial charge in [0.1, 0.15) is 17.8 Å². The molecule has 2 aliphatic heterocycles. The second-order valence-electron chi connectivity index (χ2n) is 9.91. The lowest BCUT2D eigenvalue weighted by atomic mass is 9.76. The number of imide groups is 2. The second kappa shape index (κ2) is 11.7. The van der Waals surface area contributed by atoms with Gasteiger partial charge in [-0.05, 0) is 56.4 Å². The number of benzene rings is 2. The van der Waals surface area contributed by atoms with Crippen molar-refractivity contribution in [2.45, 2.75) is 53.5 Å². The van der Waals surface area contributed by atoms with Crippen LogP contribution in [0.5, 0.6) is 0 Å². The molecule has 5 rings (SSSR count). The fourth-order valence-electron chi connectivity index (χ4n) is 4.67. The fourth-order valence-corrected chi connectivity index (χ4v) is 5.07. The van der Waals surface area contributed by atoms with Crippen LogP contribution in [0.25, 0.3) is 5.69 Å². The maximum atomic E-state index is 11.8. The zero-order valence-electron chi connectivity index (χ0n) is 22.2. The predicted octanol–water partition coefficient (Wildman–Crippen LogP) is 5.42. The first-order valence-corrected chi connectivity index (χ1v) is 13.5. The van der Waals surface area contributed by atoms with E-state index in [9.17, 15) is 14.4 Å². The molecule has 0 unspecified atom stereocenters. The summed E-state index contributed by atoms with van der Waals surface area (Å²) in [6.45, 7) is 8.22. The van der Waals surface area contributed by atoms with E-state index in [1.54, 1.807) is 6.92 Å². The summed E-state index contributed by atoms with van der Waals surface area (Å²) in [5.74, 6) is 1.10. The van der Waals surface area contributed by atoms with Crippen molar-refractivity contribution in [1.29, 1.82) is 0 Å². The number of hydrogen-bond acceptors (Lipinski definition) is 6. The van der Waals surface area contributed by atoms with Crippen molar-refractivity contribution in [1.82, 2.24) is 25.4 Å². The van der Waals surface area contributed by atoms with Gasteiger partial charge in [-0.3, -0.25) is 29.8 Å². The van der Waals surface area contributed by atoms with E-state index in [0.29, 0.717) is 35.3 Å². The molecule has 1 saturated heterocycles. The van der Waals surface area contributed by atoms with Crippen LogP contribution in [0.4, 0.5) is 4.79 Å². The molecule has 0 radical (unpaired) electrons. The van der Waals surface area contributed by atoms with Crippen molar-refractivity contribution in [2.75, 3.05) is 0 Å². The van der Waals surface area contributed by atoms with Crippen LogP contribution in [0.3, 0.4) is 0 Å².